The molecule has 4 N–H and O–H groups in total. The lowest BCUT2D eigenvalue weighted by Crippen LogP contribution is -2.46. The van der Waals surface area contributed by atoms with Gasteiger partial charge >= 0.3 is 12.1 Å². The number of hydrogen-bond acceptors (Lipinski definition) is 3. The van der Waals surface area contributed by atoms with E-state index in [1.54, 1.807) is 0 Å². The number of hydrogen-bond donors (Lipinski definition) is 3. The third-order valence-electron chi connectivity index (χ3n) is 1.82. The first-order chi connectivity index (χ1) is 7.34. The summed E-state index contributed by atoms with van der Waals surface area (Å²) in [5.41, 5.74) is 4.82. The minimum Gasteiger partial charge on any atom is -0.465 e. The van der Waals surface area contributed by atoms with Crippen LogP contribution in [-0.2, 0) is 4.79 Å². The van der Waals surface area contributed by atoms with Crippen molar-refractivity contribution in [2.24, 2.45) is 11.7 Å². The van der Waals surface area contributed by atoms with E-state index >= 15 is 0 Å². The van der Waals surface area contributed by atoms with E-state index in [1.807, 2.05) is 13.8 Å². The second-order valence-electron chi connectivity index (χ2n) is 3.74. The van der Waals surface area contributed by atoms with Gasteiger partial charge in [0.25, 0.3) is 0 Å². The summed E-state index contributed by atoms with van der Waals surface area (Å²) < 4.78 is 0. The first-order valence-electron chi connectivity index (χ1n) is 4.91. The standard InChI is InChI=1S/C9H17N3O4/c1-6(2)3-4-12(9(15)16)8(14)11-5-7(10)13/h6H,3-5H2,1-2H3,(H2,10,13)(H,11,14)(H,15,16). The van der Waals surface area contributed by atoms with Gasteiger partial charge in [0.2, 0.25) is 5.91 Å². The fourth-order valence-electron chi connectivity index (χ4n) is 0.930. The summed E-state index contributed by atoms with van der Waals surface area (Å²) in [6, 6.07) is -0.827. The molecule has 0 aromatic carbocycles. The van der Waals surface area contributed by atoms with Gasteiger partial charge in [0.05, 0.1) is 6.54 Å². The summed E-state index contributed by atoms with van der Waals surface area (Å²) in [5.74, 6) is -0.437. The Morgan fingerprint density at radius 1 is 1.38 bits per heavy atom. The molecule has 7 heteroatoms. The Bertz CT molecular complexity index is 278. The highest BCUT2D eigenvalue weighted by molar-refractivity contribution is 5.92. The molecule has 0 rings (SSSR count). The van der Waals surface area contributed by atoms with Crippen molar-refractivity contribution in [3.63, 3.8) is 0 Å². The smallest absolute Gasteiger partial charge is 0.415 e. The largest absolute Gasteiger partial charge is 0.465 e. The predicted octanol–water partition coefficient (Wildman–Crippen LogP) is 0.207. The maximum Gasteiger partial charge on any atom is 0.415 e. The van der Waals surface area contributed by atoms with E-state index in [0.717, 1.165) is 0 Å². The normalized spacial score (nSPS) is 9.94. The zero-order valence-corrected chi connectivity index (χ0v) is 9.40. The lowest BCUT2D eigenvalue weighted by atomic mass is 10.1. The van der Waals surface area contributed by atoms with Crippen LogP contribution in [0.2, 0.25) is 0 Å². The number of carboxylic acid groups (broad SMARTS) is 1. The van der Waals surface area contributed by atoms with Crippen LogP contribution < -0.4 is 11.1 Å². The number of rotatable bonds is 5. The van der Waals surface area contributed by atoms with E-state index in [-0.39, 0.29) is 19.0 Å². The predicted molar refractivity (Wildman–Crippen MR) is 56.8 cm³/mol. The maximum atomic E-state index is 11.3. The molecular weight excluding hydrogens is 214 g/mol. The van der Waals surface area contributed by atoms with Crippen LogP contribution in [0.1, 0.15) is 20.3 Å². The van der Waals surface area contributed by atoms with Crippen molar-refractivity contribution in [1.82, 2.24) is 10.2 Å². The average Bonchev–Trinajstić information content (AvgIpc) is 2.13. The van der Waals surface area contributed by atoms with Crippen molar-refractivity contribution in [2.75, 3.05) is 13.1 Å². The molecule has 0 aromatic heterocycles. The molecule has 4 amide bonds. The van der Waals surface area contributed by atoms with Crippen LogP contribution in [0.3, 0.4) is 0 Å². The molecule has 92 valence electrons. The minimum absolute atomic E-state index is 0.0948. The zero-order chi connectivity index (χ0) is 12.7. The van der Waals surface area contributed by atoms with Gasteiger partial charge in [-0.3, -0.25) is 4.79 Å². The Balaban J connectivity index is 4.24. The number of carbonyl (C=O) groups is 3. The van der Waals surface area contributed by atoms with E-state index < -0.39 is 18.0 Å². The first-order valence-corrected chi connectivity index (χ1v) is 4.91. The zero-order valence-electron chi connectivity index (χ0n) is 9.40. The molecule has 0 spiro atoms. The van der Waals surface area contributed by atoms with Crippen molar-refractivity contribution < 1.29 is 19.5 Å². The Kier molecular flexibility index (Phi) is 5.91. The molecule has 0 heterocycles. The van der Waals surface area contributed by atoms with Gasteiger partial charge in [-0.05, 0) is 12.3 Å². The molecule has 7 nitrogen and oxygen atoms in total. The van der Waals surface area contributed by atoms with Gasteiger partial charge in [0.1, 0.15) is 0 Å². The van der Waals surface area contributed by atoms with E-state index in [0.29, 0.717) is 11.3 Å². The van der Waals surface area contributed by atoms with Gasteiger partial charge in [0.15, 0.2) is 0 Å². The highest BCUT2D eigenvalue weighted by atomic mass is 16.4. The van der Waals surface area contributed by atoms with Gasteiger partial charge in [-0.1, -0.05) is 13.8 Å². The average molecular weight is 231 g/mol. The molecule has 0 aliphatic rings. The maximum absolute atomic E-state index is 11.3. The van der Waals surface area contributed by atoms with Crippen molar-refractivity contribution in [2.45, 2.75) is 20.3 Å². The lowest BCUT2D eigenvalue weighted by Gasteiger charge is -2.18. The third kappa shape index (κ3) is 5.84. The number of nitrogens with zero attached hydrogens (tertiary/aromatic N) is 1. The number of nitrogens with two attached hydrogens (primary N) is 1. The monoisotopic (exact) mass is 231 g/mol. The topological polar surface area (TPSA) is 113 Å². The molecule has 0 bridgehead atoms. The highest BCUT2D eigenvalue weighted by Gasteiger charge is 2.20. The molecule has 0 saturated heterocycles. The number of primary amides is 1. The van der Waals surface area contributed by atoms with Crippen LogP contribution in [0.25, 0.3) is 0 Å². The summed E-state index contributed by atoms with van der Waals surface area (Å²) in [6.07, 6.45) is -0.779. The van der Waals surface area contributed by atoms with Gasteiger partial charge in [-0.2, -0.15) is 0 Å². The second-order valence-corrected chi connectivity index (χ2v) is 3.74. The summed E-state index contributed by atoms with van der Waals surface area (Å²) in [5, 5.41) is 10.9. The molecule has 0 fully saturated rings. The van der Waals surface area contributed by atoms with Gasteiger partial charge in [0, 0.05) is 6.54 Å². The molecule has 16 heavy (non-hydrogen) atoms. The van der Waals surface area contributed by atoms with E-state index in [1.165, 1.54) is 0 Å². The SMILES string of the molecule is CC(C)CCN(C(=O)O)C(=O)NCC(N)=O. The molecule has 0 saturated carbocycles. The third-order valence-corrected chi connectivity index (χ3v) is 1.82. The Morgan fingerprint density at radius 3 is 2.31 bits per heavy atom. The number of carbonyl (C=O) groups excluding carboxylic acids is 2. The molecule has 0 radical (unpaired) electrons. The van der Waals surface area contributed by atoms with E-state index in [9.17, 15) is 14.4 Å². The molecule has 0 aliphatic heterocycles. The number of imide groups is 1. The summed E-state index contributed by atoms with van der Waals surface area (Å²) in [4.78, 5) is 33.1. The quantitative estimate of drug-likeness (QED) is 0.627. The van der Waals surface area contributed by atoms with Gasteiger partial charge in [-0.15, -0.1) is 0 Å². The van der Waals surface area contributed by atoms with Crippen LogP contribution in [0.15, 0.2) is 0 Å². The van der Waals surface area contributed by atoms with E-state index in [2.05, 4.69) is 5.32 Å². The van der Waals surface area contributed by atoms with Crippen LogP contribution in [-0.4, -0.2) is 41.1 Å². The minimum atomic E-state index is -1.34. The molecule has 0 aliphatic carbocycles. The Hall–Kier alpha value is -1.79. The van der Waals surface area contributed by atoms with Gasteiger partial charge in [-0.25, -0.2) is 14.5 Å². The number of nitrogens with one attached hydrogen (secondary N) is 1. The van der Waals surface area contributed by atoms with Crippen LogP contribution in [0.5, 0.6) is 0 Å². The van der Waals surface area contributed by atoms with Crippen LogP contribution in [0.4, 0.5) is 9.59 Å². The van der Waals surface area contributed by atoms with Crippen molar-refractivity contribution in [3.8, 4) is 0 Å². The van der Waals surface area contributed by atoms with Crippen molar-refractivity contribution in [3.05, 3.63) is 0 Å². The van der Waals surface area contributed by atoms with E-state index in [4.69, 9.17) is 10.8 Å². The first kappa shape index (κ1) is 14.2. The van der Waals surface area contributed by atoms with Crippen LogP contribution >= 0.6 is 0 Å². The Morgan fingerprint density at radius 2 is 1.94 bits per heavy atom. The number of urea groups is 1. The molecule has 0 unspecified atom stereocenters. The molecular formula is C9H17N3O4. The lowest BCUT2D eigenvalue weighted by molar-refractivity contribution is -0.117. The number of amides is 4. The molecule has 0 atom stereocenters. The Labute approximate surface area is 93.6 Å². The fourth-order valence-corrected chi connectivity index (χ4v) is 0.930. The molecule has 0 aromatic rings. The fraction of sp³-hybridized carbons (Fsp3) is 0.667. The summed E-state index contributed by atoms with van der Waals surface area (Å²) in [7, 11) is 0. The summed E-state index contributed by atoms with van der Waals surface area (Å²) in [6.45, 7) is 3.56. The second kappa shape index (κ2) is 6.65. The highest BCUT2D eigenvalue weighted by Crippen LogP contribution is 2.02. The van der Waals surface area contributed by atoms with Crippen molar-refractivity contribution in [1.29, 1.82) is 0 Å². The van der Waals surface area contributed by atoms with Gasteiger partial charge < -0.3 is 16.2 Å². The van der Waals surface area contributed by atoms with Crippen LogP contribution in [0, 0.1) is 5.92 Å². The summed E-state index contributed by atoms with van der Waals surface area (Å²) >= 11 is 0. The van der Waals surface area contributed by atoms with Crippen molar-refractivity contribution >= 4 is 18.0 Å².